The maximum absolute atomic E-state index is 12.1. The van der Waals surface area contributed by atoms with Gasteiger partial charge in [-0.3, -0.25) is 0 Å². The van der Waals surface area contributed by atoms with Crippen molar-refractivity contribution in [3.05, 3.63) is 29.8 Å². The molecule has 1 aliphatic heterocycles. The lowest BCUT2D eigenvalue weighted by Gasteiger charge is -2.34. The zero-order chi connectivity index (χ0) is 18.3. The smallest absolute Gasteiger partial charge is 0.315 e. The summed E-state index contributed by atoms with van der Waals surface area (Å²) in [5.41, 5.74) is 2.42. The summed E-state index contributed by atoms with van der Waals surface area (Å²) in [5.74, 6) is 0. The number of anilines is 1. The summed E-state index contributed by atoms with van der Waals surface area (Å²) >= 11 is 0. The molecule has 2 rings (SSSR count). The highest BCUT2D eigenvalue weighted by molar-refractivity contribution is 5.74. The van der Waals surface area contributed by atoms with Crippen molar-refractivity contribution in [1.82, 2.24) is 10.6 Å². The van der Waals surface area contributed by atoms with Crippen LogP contribution in [0.3, 0.4) is 0 Å². The average Bonchev–Trinajstić information content (AvgIpc) is 2.60. The zero-order valence-corrected chi connectivity index (χ0v) is 15.8. The number of aryl methyl sites for hydroxylation is 1. The molecule has 1 aromatic rings. The summed E-state index contributed by atoms with van der Waals surface area (Å²) in [6.07, 6.45) is 3.88. The van der Waals surface area contributed by atoms with Gasteiger partial charge in [0.25, 0.3) is 0 Å². The van der Waals surface area contributed by atoms with Gasteiger partial charge in [0.05, 0.1) is 0 Å². The summed E-state index contributed by atoms with van der Waals surface area (Å²) in [7, 11) is 0. The van der Waals surface area contributed by atoms with Crippen LogP contribution in [0.1, 0.15) is 45.1 Å². The van der Waals surface area contributed by atoms with Gasteiger partial charge in [-0.2, -0.15) is 0 Å². The monoisotopic (exact) mass is 347 g/mol. The molecule has 0 bridgehead atoms. The summed E-state index contributed by atoms with van der Waals surface area (Å²) < 4.78 is 0. The quantitative estimate of drug-likeness (QED) is 0.664. The van der Waals surface area contributed by atoms with E-state index in [2.05, 4.69) is 46.7 Å². The van der Waals surface area contributed by atoms with Crippen LogP contribution in [-0.4, -0.2) is 43.4 Å². The summed E-state index contributed by atoms with van der Waals surface area (Å²) in [4.78, 5) is 14.4. The van der Waals surface area contributed by atoms with Gasteiger partial charge < -0.3 is 20.6 Å². The van der Waals surface area contributed by atoms with Gasteiger partial charge in [0.15, 0.2) is 0 Å². The van der Waals surface area contributed by atoms with Gasteiger partial charge >= 0.3 is 6.03 Å². The molecule has 2 amide bonds. The number of benzene rings is 1. The van der Waals surface area contributed by atoms with Crippen LogP contribution >= 0.6 is 0 Å². The van der Waals surface area contributed by atoms with E-state index in [-0.39, 0.29) is 24.1 Å². The van der Waals surface area contributed by atoms with Gasteiger partial charge in [-0.15, -0.1) is 0 Å². The Balaban J connectivity index is 1.72. The number of hydrogen-bond donors (Lipinski definition) is 3. The van der Waals surface area contributed by atoms with Crippen molar-refractivity contribution in [2.45, 2.75) is 52.5 Å². The lowest BCUT2D eigenvalue weighted by atomic mass is 9.89. The third kappa shape index (κ3) is 6.58. The highest BCUT2D eigenvalue weighted by Gasteiger charge is 2.21. The number of aliphatic hydroxyl groups excluding tert-OH is 1. The topological polar surface area (TPSA) is 64.6 Å². The molecule has 5 heteroatoms. The Labute approximate surface area is 151 Å². The maximum atomic E-state index is 12.1. The number of nitrogens with zero attached hydrogens (tertiary/aromatic N) is 1. The second-order valence-electron chi connectivity index (χ2n) is 7.95. The number of carbonyl (C=O) groups is 1. The Morgan fingerprint density at radius 3 is 2.72 bits per heavy atom. The first-order chi connectivity index (χ1) is 11.9. The Bertz CT molecular complexity index is 542. The summed E-state index contributed by atoms with van der Waals surface area (Å²) in [6, 6.07) is 8.67. The molecule has 1 heterocycles. The fourth-order valence-corrected chi connectivity index (χ4v) is 3.17. The van der Waals surface area contributed by atoms with E-state index in [4.69, 9.17) is 0 Å². The normalized spacial score (nSPS) is 18.1. The van der Waals surface area contributed by atoms with Gasteiger partial charge in [-0.05, 0) is 50.2 Å². The molecule has 1 fully saturated rings. The van der Waals surface area contributed by atoms with Crippen LogP contribution in [0.2, 0.25) is 0 Å². The molecule has 0 aromatic heterocycles. The van der Waals surface area contributed by atoms with Gasteiger partial charge in [0.1, 0.15) is 0 Å². The molecule has 0 spiro atoms. The van der Waals surface area contributed by atoms with Crippen LogP contribution in [0.5, 0.6) is 0 Å². The van der Waals surface area contributed by atoms with E-state index >= 15 is 0 Å². The van der Waals surface area contributed by atoms with Crippen LogP contribution < -0.4 is 15.5 Å². The van der Waals surface area contributed by atoms with Crippen molar-refractivity contribution < 1.29 is 9.90 Å². The standard InChI is InChI=1S/C20H33N3O2/c1-16-7-9-18(10-8-16)23-13-4-6-17(14-23)22-19(25)21-12-5-11-20(2,3)15-24/h7-10,17,24H,4-6,11-15H2,1-3H3,(H2,21,22,25). The molecule has 1 atom stereocenters. The van der Waals surface area contributed by atoms with Crippen LogP contribution in [-0.2, 0) is 0 Å². The SMILES string of the molecule is Cc1ccc(N2CCCC(NC(=O)NCCCC(C)(C)CO)C2)cc1. The first-order valence-electron chi connectivity index (χ1n) is 9.36. The van der Waals surface area contributed by atoms with Crippen molar-refractivity contribution in [2.24, 2.45) is 5.41 Å². The van der Waals surface area contributed by atoms with Gasteiger partial charge in [-0.1, -0.05) is 31.5 Å². The number of amides is 2. The third-order valence-corrected chi connectivity index (χ3v) is 4.90. The molecule has 3 N–H and O–H groups in total. The first kappa shape index (κ1) is 19.6. The van der Waals surface area contributed by atoms with Crippen molar-refractivity contribution in [2.75, 3.05) is 31.1 Å². The fraction of sp³-hybridized carbons (Fsp3) is 0.650. The number of nitrogens with one attached hydrogen (secondary N) is 2. The number of aliphatic hydroxyl groups is 1. The van der Waals surface area contributed by atoms with E-state index in [1.807, 2.05) is 13.8 Å². The second-order valence-corrected chi connectivity index (χ2v) is 7.95. The Morgan fingerprint density at radius 1 is 1.32 bits per heavy atom. The Kier molecular flexibility index (Phi) is 7.12. The molecule has 0 saturated carbocycles. The molecule has 1 aromatic carbocycles. The number of hydrogen-bond acceptors (Lipinski definition) is 3. The van der Waals surface area contributed by atoms with E-state index in [1.54, 1.807) is 0 Å². The van der Waals surface area contributed by atoms with Crippen LogP contribution in [0.4, 0.5) is 10.5 Å². The molecule has 5 nitrogen and oxygen atoms in total. The second kappa shape index (κ2) is 9.09. The van der Waals surface area contributed by atoms with Crippen molar-refractivity contribution in [3.63, 3.8) is 0 Å². The first-order valence-corrected chi connectivity index (χ1v) is 9.36. The maximum Gasteiger partial charge on any atom is 0.315 e. The molecule has 1 aliphatic rings. The Hall–Kier alpha value is -1.75. The molecular formula is C20H33N3O2. The van der Waals surface area contributed by atoms with Crippen LogP contribution in [0, 0.1) is 12.3 Å². The van der Waals surface area contributed by atoms with E-state index in [1.165, 1.54) is 11.3 Å². The molecule has 1 saturated heterocycles. The summed E-state index contributed by atoms with van der Waals surface area (Å²) in [5, 5.41) is 15.3. The van der Waals surface area contributed by atoms with Gasteiger partial charge in [0.2, 0.25) is 0 Å². The van der Waals surface area contributed by atoms with E-state index in [9.17, 15) is 9.90 Å². The lowest BCUT2D eigenvalue weighted by molar-refractivity contribution is 0.148. The van der Waals surface area contributed by atoms with E-state index in [0.717, 1.165) is 38.8 Å². The minimum absolute atomic E-state index is 0.0733. The van der Waals surface area contributed by atoms with Gasteiger partial charge in [-0.25, -0.2) is 4.79 Å². The molecule has 0 aliphatic carbocycles. The molecule has 0 radical (unpaired) electrons. The predicted molar refractivity (Wildman–Crippen MR) is 103 cm³/mol. The van der Waals surface area contributed by atoms with Crippen molar-refractivity contribution in [3.8, 4) is 0 Å². The lowest BCUT2D eigenvalue weighted by Crippen LogP contribution is -2.50. The number of urea groups is 1. The summed E-state index contributed by atoms with van der Waals surface area (Å²) in [6.45, 7) is 8.88. The zero-order valence-electron chi connectivity index (χ0n) is 15.8. The number of rotatable bonds is 7. The number of piperidine rings is 1. The molecule has 25 heavy (non-hydrogen) atoms. The minimum atomic E-state index is -0.0856. The van der Waals surface area contributed by atoms with Crippen LogP contribution in [0.25, 0.3) is 0 Å². The third-order valence-electron chi connectivity index (χ3n) is 4.90. The molecular weight excluding hydrogens is 314 g/mol. The van der Waals surface area contributed by atoms with Crippen molar-refractivity contribution >= 4 is 11.7 Å². The van der Waals surface area contributed by atoms with Gasteiger partial charge in [0, 0.05) is 38.0 Å². The van der Waals surface area contributed by atoms with E-state index < -0.39 is 0 Å². The number of carbonyl (C=O) groups excluding carboxylic acids is 1. The molecule has 140 valence electrons. The fourth-order valence-electron chi connectivity index (χ4n) is 3.17. The van der Waals surface area contributed by atoms with E-state index in [0.29, 0.717) is 6.54 Å². The highest BCUT2D eigenvalue weighted by atomic mass is 16.3. The predicted octanol–water partition coefficient (Wildman–Crippen LogP) is 3.06. The van der Waals surface area contributed by atoms with Crippen LogP contribution in [0.15, 0.2) is 24.3 Å². The Morgan fingerprint density at radius 2 is 2.04 bits per heavy atom. The van der Waals surface area contributed by atoms with Crippen molar-refractivity contribution in [1.29, 1.82) is 0 Å². The minimum Gasteiger partial charge on any atom is -0.396 e. The molecule has 1 unspecified atom stereocenters. The highest BCUT2D eigenvalue weighted by Crippen LogP contribution is 2.21. The largest absolute Gasteiger partial charge is 0.396 e. The average molecular weight is 348 g/mol.